The summed E-state index contributed by atoms with van der Waals surface area (Å²) in [6.45, 7) is 3.80. The number of benzene rings is 1. The van der Waals surface area contributed by atoms with Crippen molar-refractivity contribution in [3.8, 4) is 0 Å². The molecule has 2 N–H and O–H groups in total. The summed E-state index contributed by atoms with van der Waals surface area (Å²) in [7, 11) is 0. The topological polar surface area (TPSA) is 76.0 Å². The summed E-state index contributed by atoms with van der Waals surface area (Å²) in [6.07, 6.45) is 1.97. The molecular weight excluding hydrogens is 300 g/mol. The fourth-order valence-corrected chi connectivity index (χ4v) is 2.36. The van der Waals surface area contributed by atoms with E-state index in [-0.39, 0.29) is 18.4 Å². The lowest BCUT2D eigenvalue weighted by atomic mass is 10.2. The lowest BCUT2D eigenvalue weighted by molar-refractivity contribution is -0.122. The van der Waals surface area contributed by atoms with Crippen molar-refractivity contribution in [3.05, 3.63) is 47.3 Å². The van der Waals surface area contributed by atoms with E-state index >= 15 is 0 Å². The fraction of sp³-hybridized carbons (Fsp3) is 0.267. The number of hydrogen-bond acceptors (Lipinski definition) is 4. The maximum absolute atomic E-state index is 11.9. The maximum atomic E-state index is 11.9. The Kier molecular flexibility index (Phi) is 5.21. The van der Waals surface area contributed by atoms with Gasteiger partial charge in [0.1, 0.15) is 6.54 Å². The van der Waals surface area contributed by atoms with Crippen molar-refractivity contribution in [2.45, 2.75) is 25.3 Å². The van der Waals surface area contributed by atoms with Gasteiger partial charge in [0.05, 0.1) is 5.69 Å². The number of amides is 2. The van der Waals surface area contributed by atoms with E-state index in [1.54, 1.807) is 28.6 Å². The van der Waals surface area contributed by atoms with Crippen molar-refractivity contribution >= 4 is 23.6 Å². The van der Waals surface area contributed by atoms with E-state index in [0.29, 0.717) is 5.56 Å². The number of thioether (sulfide) groups is 1. The van der Waals surface area contributed by atoms with Crippen LogP contribution in [0.25, 0.3) is 0 Å². The molecule has 0 fully saturated rings. The Labute approximate surface area is 133 Å². The van der Waals surface area contributed by atoms with Crippen molar-refractivity contribution < 1.29 is 9.59 Å². The van der Waals surface area contributed by atoms with Crippen molar-refractivity contribution in [1.29, 1.82) is 0 Å². The number of aromatic nitrogens is 2. The second-order valence-electron chi connectivity index (χ2n) is 4.82. The number of hydrogen-bond donors (Lipinski definition) is 2. The highest BCUT2D eigenvalue weighted by Gasteiger charge is 2.09. The van der Waals surface area contributed by atoms with E-state index in [2.05, 4.69) is 16.0 Å². The van der Waals surface area contributed by atoms with Crippen molar-refractivity contribution in [3.63, 3.8) is 0 Å². The molecule has 1 aromatic heterocycles. The summed E-state index contributed by atoms with van der Waals surface area (Å²) in [5.74, 6) is -0.686. The second-order valence-corrected chi connectivity index (χ2v) is 5.70. The molecule has 0 unspecified atom stereocenters. The Morgan fingerprint density at radius 1 is 1.18 bits per heavy atom. The van der Waals surface area contributed by atoms with Crippen LogP contribution in [0.15, 0.2) is 35.2 Å². The number of aryl methyl sites for hydroxylation is 2. The molecule has 2 rings (SSSR count). The molecule has 0 saturated heterocycles. The van der Waals surface area contributed by atoms with Gasteiger partial charge in [-0.25, -0.2) is 0 Å². The van der Waals surface area contributed by atoms with Gasteiger partial charge in [-0.3, -0.25) is 25.1 Å². The van der Waals surface area contributed by atoms with Gasteiger partial charge in [-0.2, -0.15) is 5.10 Å². The summed E-state index contributed by atoms with van der Waals surface area (Å²) in [5.41, 5.74) is 7.02. The van der Waals surface area contributed by atoms with Gasteiger partial charge in [-0.1, -0.05) is 0 Å². The highest BCUT2D eigenvalue weighted by molar-refractivity contribution is 7.98. The number of carbonyl (C=O) groups is 2. The van der Waals surface area contributed by atoms with Gasteiger partial charge in [0.15, 0.2) is 0 Å². The minimum absolute atomic E-state index is 0.0609. The van der Waals surface area contributed by atoms with Gasteiger partial charge >= 0.3 is 0 Å². The predicted molar refractivity (Wildman–Crippen MR) is 85.5 cm³/mol. The Hall–Kier alpha value is -2.28. The number of hydrazine groups is 1. The predicted octanol–water partition coefficient (Wildman–Crippen LogP) is 1.68. The molecular formula is C15H18N4O2S. The largest absolute Gasteiger partial charge is 0.271 e. The maximum Gasteiger partial charge on any atom is 0.269 e. The molecule has 0 aliphatic carbocycles. The fourth-order valence-electron chi connectivity index (χ4n) is 1.95. The molecule has 0 aliphatic heterocycles. The minimum atomic E-state index is -0.352. The molecule has 7 heteroatoms. The third-order valence-electron chi connectivity index (χ3n) is 3.06. The van der Waals surface area contributed by atoms with Crippen LogP contribution in [0, 0.1) is 13.8 Å². The highest BCUT2D eigenvalue weighted by Crippen LogP contribution is 2.14. The molecule has 1 heterocycles. The third-order valence-corrected chi connectivity index (χ3v) is 3.81. The second kappa shape index (κ2) is 7.13. The molecule has 0 aliphatic rings. The summed E-state index contributed by atoms with van der Waals surface area (Å²) >= 11 is 1.60. The molecule has 2 amide bonds. The van der Waals surface area contributed by atoms with Crippen LogP contribution in [0.2, 0.25) is 0 Å². The van der Waals surface area contributed by atoms with Gasteiger partial charge in [-0.05, 0) is 50.4 Å². The molecule has 0 spiro atoms. The molecule has 0 radical (unpaired) electrons. The highest BCUT2D eigenvalue weighted by atomic mass is 32.2. The lowest BCUT2D eigenvalue weighted by Crippen LogP contribution is -2.43. The summed E-state index contributed by atoms with van der Waals surface area (Å²) < 4.78 is 1.59. The Balaban J connectivity index is 1.87. The number of rotatable bonds is 4. The van der Waals surface area contributed by atoms with Crippen LogP contribution in [0.3, 0.4) is 0 Å². The van der Waals surface area contributed by atoms with Gasteiger partial charge in [0.2, 0.25) is 0 Å². The van der Waals surface area contributed by atoms with Gasteiger partial charge in [0, 0.05) is 16.2 Å². The van der Waals surface area contributed by atoms with E-state index in [0.717, 1.165) is 16.3 Å². The van der Waals surface area contributed by atoms with Crippen molar-refractivity contribution in [2.24, 2.45) is 0 Å². The van der Waals surface area contributed by atoms with Gasteiger partial charge < -0.3 is 0 Å². The van der Waals surface area contributed by atoms with Crippen LogP contribution in [-0.4, -0.2) is 27.9 Å². The van der Waals surface area contributed by atoms with Crippen molar-refractivity contribution in [2.75, 3.05) is 6.26 Å². The normalized spacial score (nSPS) is 10.3. The minimum Gasteiger partial charge on any atom is -0.271 e. The molecule has 6 nitrogen and oxygen atoms in total. The Bertz CT molecular complexity index is 679. The standard InChI is InChI=1S/C15H18N4O2S/c1-10-8-11(2)19(18-10)9-14(20)16-17-15(21)12-4-6-13(22-3)7-5-12/h4-8H,9H2,1-3H3,(H,16,20)(H,17,21). The number of nitrogens with zero attached hydrogens (tertiary/aromatic N) is 2. The Morgan fingerprint density at radius 2 is 1.86 bits per heavy atom. The van der Waals surface area contributed by atoms with E-state index in [1.807, 2.05) is 38.3 Å². The monoisotopic (exact) mass is 318 g/mol. The van der Waals surface area contributed by atoms with E-state index < -0.39 is 0 Å². The van der Waals surface area contributed by atoms with Crippen LogP contribution < -0.4 is 10.9 Å². The molecule has 116 valence electrons. The van der Waals surface area contributed by atoms with Crippen LogP contribution in [0.5, 0.6) is 0 Å². The van der Waals surface area contributed by atoms with Crippen molar-refractivity contribution in [1.82, 2.24) is 20.6 Å². The average molecular weight is 318 g/mol. The van der Waals surface area contributed by atoms with E-state index in [9.17, 15) is 9.59 Å². The third kappa shape index (κ3) is 4.11. The molecule has 1 aromatic carbocycles. The number of nitrogens with one attached hydrogen (secondary N) is 2. The molecule has 0 saturated carbocycles. The molecule has 2 aromatic rings. The van der Waals surface area contributed by atoms with Crippen LogP contribution in [0.4, 0.5) is 0 Å². The first-order valence-corrected chi connectivity index (χ1v) is 7.96. The van der Waals surface area contributed by atoms with Gasteiger partial charge in [-0.15, -0.1) is 11.8 Å². The zero-order valence-electron chi connectivity index (χ0n) is 12.7. The first kappa shape index (κ1) is 16.1. The average Bonchev–Trinajstić information content (AvgIpc) is 2.82. The van der Waals surface area contributed by atoms with Crippen LogP contribution >= 0.6 is 11.8 Å². The zero-order chi connectivity index (χ0) is 16.1. The Morgan fingerprint density at radius 3 is 2.41 bits per heavy atom. The van der Waals surface area contributed by atoms with E-state index in [4.69, 9.17) is 0 Å². The lowest BCUT2D eigenvalue weighted by Gasteiger charge is -2.08. The molecule has 22 heavy (non-hydrogen) atoms. The molecule has 0 atom stereocenters. The summed E-state index contributed by atoms with van der Waals surface area (Å²) in [5, 5.41) is 4.20. The zero-order valence-corrected chi connectivity index (χ0v) is 13.5. The first-order chi connectivity index (χ1) is 10.5. The SMILES string of the molecule is CSc1ccc(C(=O)NNC(=O)Cn2nc(C)cc2C)cc1. The summed E-state index contributed by atoms with van der Waals surface area (Å²) in [4.78, 5) is 24.8. The molecule has 0 bridgehead atoms. The quantitative estimate of drug-likeness (QED) is 0.664. The van der Waals surface area contributed by atoms with Crippen LogP contribution in [0.1, 0.15) is 21.7 Å². The summed E-state index contributed by atoms with van der Waals surface area (Å²) in [6, 6.07) is 9.04. The smallest absolute Gasteiger partial charge is 0.269 e. The number of carbonyl (C=O) groups excluding carboxylic acids is 2. The van der Waals surface area contributed by atoms with Crippen LogP contribution in [-0.2, 0) is 11.3 Å². The van der Waals surface area contributed by atoms with E-state index in [1.165, 1.54) is 0 Å². The first-order valence-electron chi connectivity index (χ1n) is 6.74. The van der Waals surface area contributed by atoms with Gasteiger partial charge in [0.25, 0.3) is 11.8 Å².